The van der Waals surface area contributed by atoms with E-state index in [9.17, 15) is 19.8 Å². The summed E-state index contributed by atoms with van der Waals surface area (Å²) in [5, 5.41) is 12.3. The smallest absolute Gasteiger partial charge is 0.268 e. The van der Waals surface area contributed by atoms with Crippen molar-refractivity contribution in [1.29, 1.82) is 0 Å². The van der Waals surface area contributed by atoms with E-state index in [2.05, 4.69) is 5.32 Å². The molecule has 1 atom stereocenters. The fourth-order valence-corrected chi connectivity index (χ4v) is 3.87. The Hall–Kier alpha value is -3.70. The molecule has 0 radical (unpaired) electrons. The van der Waals surface area contributed by atoms with Gasteiger partial charge in [0.15, 0.2) is 0 Å². The van der Waals surface area contributed by atoms with Crippen molar-refractivity contribution < 1.29 is 14.4 Å². The van der Waals surface area contributed by atoms with Gasteiger partial charge in [-0.2, -0.15) is 0 Å². The molecule has 0 spiro atoms. The fourth-order valence-electron chi connectivity index (χ4n) is 3.87. The number of ketones is 1. The van der Waals surface area contributed by atoms with Crippen LogP contribution in [0.25, 0.3) is 5.41 Å². The van der Waals surface area contributed by atoms with Crippen LogP contribution in [0.5, 0.6) is 0 Å². The van der Waals surface area contributed by atoms with E-state index >= 15 is 0 Å². The van der Waals surface area contributed by atoms with Crippen molar-refractivity contribution in [2.24, 2.45) is 0 Å². The molecule has 3 rings (SSSR count). The predicted octanol–water partition coefficient (Wildman–Crippen LogP) is 3.24. The van der Waals surface area contributed by atoms with Gasteiger partial charge in [-0.3, -0.25) is 25.2 Å². The number of anilines is 3. The van der Waals surface area contributed by atoms with Gasteiger partial charge in [0, 0.05) is 31.2 Å². The van der Waals surface area contributed by atoms with Crippen LogP contribution in [0, 0.1) is 13.8 Å². The second kappa shape index (κ2) is 8.20. The van der Waals surface area contributed by atoms with Gasteiger partial charge in [-0.1, -0.05) is 18.2 Å². The number of carbonyl (C=O) groups excluding carboxylic acids is 3. The second-order valence-corrected chi connectivity index (χ2v) is 8.13. The molecular weight excluding hydrogens is 392 g/mol. The van der Waals surface area contributed by atoms with Crippen molar-refractivity contribution >= 4 is 40.5 Å². The molecule has 2 aromatic rings. The molecule has 1 N–H and O–H groups in total. The summed E-state index contributed by atoms with van der Waals surface area (Å²) in [6, 6.07) is 12.7. The third-order valence-electron chi connectivity index (χ3n) is 5.61. The van der Waals surface area contributed by atoms with Crippen LogP contribution in [0.4, 0.5) is 17.1 Å². The quantitative estimate of drug-likeness (QED) is 0.459. The molecule has 1 aliphatic heterocycles. The zero-order chi connectivity index (χ0) is 22.9. The zero-order valence-corrected chi connectivity index (χ0v) is 18.3. The summed E-state index contributed by atoms with van der Waals surface area (Å²) in [6.45, 7) is 5.30. The van der Waals surface area contributed by atoms with Gasteiger partial charge in [-0.25, -0.2) is 0 Å². The largest absolute Gasteiger partial charge is 0.763 e. The topological polar surface area (TPSA) is 92.0 Å². The molecular formula is C24H25N4O3-. The summed E-state index contributed by atoms with van der Waals surface area (Å²) in [7, 11) is 3.78. The second-order valence-electron chi connectivity index (χ2n) is 8.13. The average molecular weight is 417 g/mol. The molecule has 2 aromatic carbocycles. The van der Waals surface area contributed by atoms with Crippen LogP contribution in [0.3, 0.4) is 0 Å². The number of rotatable bonds is 5. The zero-order valence-electron chi connectivity index (χ0n) is 18.3. The molecule has 1 saturated heterocycles. The lowest BCUT2D eigenvalue weighted by Crippen LogP contribution is -2.49. The monoisotopic (exact) mass is 417 g/mol. The molecule has 160 valence electrons. The molecule has 7 nitrogen and oxygen atoms in total. The molecule has 0 aliphatic carbocycles. The lowest BCUT2D eigenvalue weighted by atomic mass is 9.90. The first kappa shape index (κ1) is 22.0. The minimum absolute atomic E-state index is 0.272. The Bertz CT molecular complexity index is 1090. The number of amides is 2. The van der Waals surface area contributed by atoms with Crippen LogP contribution >= 0.6 is 0 Å². The summed E-state index contributed by atoms with van der Waals surface area (Å²) in [4.78, 5) is 42.1. The molecule has 2 amide bonds. The van der Waals surface area contributed by atoms with Gasteiger partial charge in [-0.15, -0.1) is 0 Å². The van der Waals surface area contributed by atoms with Crippen molar-refractivity contribution in [2.75, 3.05) is 29.2 Å². The van der Waals surface area contributed by atoms with Crippen molar-refractivity contribution in [3.05, 3.63) is 64.6 Å². The maximum Gasteiger partial charge on any atom is 0.268 e. The highest BCUT2D eigenvalue weighted by atomic mass is 16.2. The summed E-state index contributed by atoms with van der Waals surface area (Å²) >= 11 is 0. The molecule has 0 bridgehead atoms. The van der Waals surface area contributed by atoms with Gasteiger partial charge in [-0.05, 0) is 56.2 Å². The van der Waals surface area contributed by atoms with Gasteiger partial charge in [0.25, 0.3) is 5.91 Å². The lowest BCUT2D eigenvalue weighted by molar-refractivity contribution is -0.124. The molecule has 0 saturated carbocycles. The summed E-state index contributed by atoms with van der Waals surface area (Å²) < 4.78 is 0. The number of para-hydroxylation sites is 1. The number of hydrogen-bond donors (Lipinski definition) is 1. The van der Waals surface area contributed by atoms with Crippen molar-refractivity contribution in [1.82, 2.24) is 0 Å². The number of hydrogen-bond acceptors (Lipinski definition) is 4. The molecule has 31 heavy (non-hydrogen) atoms. The van der Waals surface area contributed by atoms with Crippen molar-refractivity contribution in [2.45, 2.75) is 32.7 Å². The standard InChI is InChI=1S/C24H25N4O3/c1-15-7-6-8-16(2)21(15)26-20(29)13-24(3)22(30)19(14-25)23(31)28(24)18-11-9-17(10-12-18)27(4)5/h6-12H,13H2,1-5H3,(H,26,29)/q-1. The molecule has 1 unspecified atom stereocenters. The Morgan fingerprint density at radius 2 is 1.68 bits per heavy atom. The third-order valence-corrected chi connectivity index (χ3v) is 5.61. The van der Waals surface area contributed by atoms with Gasteiger partial charge >= 0.3 is 0 Å². The summed E-state index contributed by atoms with van der Waals surface area (Å²) in [6.07, 6.45) is -0.272. The fraction of sp³-hybridized carbons (Fsp3) is 0.292. The predicted molar refractivity (Wildman–Crippen MR) is 123 cm³/mol. The van der Waals surface area contributed by atoms with E-state index < -0.39 is 28.7 Å². The van der Waals surface area contributed by atoms with Crippen LogP contribution in [0.2, 0.25) is 0 Å². The number of nitrogens with zero attached hydrogens (tertiary/aromatic N) is 3. The van der Waals surface area contributed by atoms with E-state index in [-0.39, 0.29) is 6.42 Å². The van der Waals surface area contributed by atoms with E-state index in [1.54, 1.807) is 18.0 Å². The normalized spacial score (nSPS) is 18.2. The van der Waals surface area contributed by atoms with E-state index in [1.165, 1.54) is 11.8 Å². The minimum atomic E-state index is -1.50. The van der Waals surface area contributed by atoms with Gasteiger partial charge in [0.2, 0.25) is 11.7 Å². The average Bonchev–Trinajstić information content (AvgIpc) is 2.89. The molecule has 0 aromatic heterocycles. The first-order valence-corrected chi connectivity index (χ1v) is 9.90. The molecule has 1 heterocycles. The minimum Gasteiger partial charge on any atom is -0.763 e. The van der Waals surface area contributed by atoms with Crippen LogP contribution in [0.1, 0.15) is 24.5 Å². The van der Waals surface area contributed by atoms with Crippen LogP contribution < -0.4 is 15.1 Å². The van der Waals surface area contributed by atoms with Gasteiger partial charge < -0.3 is 15.6 Å². The lowest BCUT2D eigenvalue weighted by Gasteiger charge is -2.33. The maximum absolute atomic E-state index is 13.0. The highest BCUT2D eigenvalue weighted by Gasteiger charge is 2.53. The van der Waals surface area contributed by atoms with E-state index in [0.29, 0.717) is 11.4 Å². The highest BCUT2D eigenvalue weighted by Crippen LogP contribution is 2.38. The summed E-state index contributed by atoms with van der Waals surface area (Å²) in [5.41, 5.74) is 1.89. The van der Waals surface area contributed by atoms with Gasteiger partial charge in [0.05, 0.1) is 6.42 Å². The number of Topliss-reactive ketones (excluding diaryl/α,β-unsaturated/α-hetero) is 1. The highest BCUT2D eigenvalue weighted by molar-refractivity contribution is 6.39. The van der Waals surface area contributed by atoms with Gasteiger partial charge in [0.1, 0.15) is 11.1 Å². The SMILES string of the molecule is Cc1cccc(C)c1NC(=O)CC1(C)C(=O)C(=C=[N-])C(=O)N1c1ccc(N(C)C)cc1. The van der Waals surface area contributed by atoms with E-state index in [0.717, 1.165) is 16.8 Å². The molecule has 1 fully saturated rings. The van der Waals surface area contributed by atoms with Crippen LogP contribution in [-0.4, -0.2) is 43.1 Å². The Morgan fingerprint density at radius 1 is 1.10 bits per heavy atom. The van der Waals surface area contributed by atoms with Crippen LogP contribution in [-0.2, 0) is 14.4 Å². The third kappa shape index (κ3) is 3.88. The van der Waals surface area contributed by atoms with Crippen molar-refractivity contribution in [3.63, 3.8) is 0 Å². The molecule has 1 aliphatic rings. The van der Waals surface area contributed by atoms with E-state index in [1.807, 2.05) is 63.2 Å². The maximum atomic E-state index is 13.0. The Morgan fingerprint density at radius 3 is 2.19 bits per heavy atom. The van der Waals surface area contributed by atoms with E-state index in [4.69, 9.17) is 0 Å². The van der Waals surface area contributed by atoms with Crippen molar-refractivity contribution in [3.8, 4) is 0 Å². The first-order chi connectivity index (χ1) is 14.6. The number of benzene rings is 2. The summed E-state index contributed by atoms with van der Waals surface area (Å²) in [5.74, 6) is -0.0147. The number of aryl methyl sites for hydroxylation is 2. The number of nitrogens with one attached hydrogen (secondary N) is 1. The van der Waals surface area contributed by atoms with Crippen LogP contribution in [0.15, 0.2) is 48.0 Å². The Kier molecular flexibility index (Phi) is 5.82. The first-order valence-electron chi connectivity index (χ1n) is 9.90. The Labute approximate surface area is 181 Å². The Balaban J connectivity index is 1.98. The molecule has 7 heteroatoms. The number of carbonyl (C=O) groups is 3.